The highest BCUT2D eigenvalue weighted by Gasteiger charge is 2.23. The second kappa shape index (κ2) is 11.6. The lowest BCUT2D eigenvalue weighted by molar-refractivity contribution is 0.0954. The minimum Gasteiger partial charge on any atom is -0.437 e. The van der Waals surface area contributed by atoms with Crippen LogP contribution in [0.3, 0.4) is 0 Å². The monoisotopic (exact) mass is 543 g/mol. The Morgan fingerprint density at radius 1 is 1.17 bits per heavy atom. The summed E-state index contributed by atoms with van der Waals surface area (Å²) >= 11 is 14.1. The number of anilines is 1. The Morgan fingerprint density at radius 3 is 2.72 bits per heavy atom. The summed E-state index contributed by atoms with van der Waals surface area (Å²) in [4.78, 5) is 30.7. The number of nitrogens with zero attached hydrogens (tertiary/aromatic N) is 3. The van der Waals surface area contributed by atoms with Crippen molar-refractivity contribution in [2.75, 3.05) is 11.9 Å². The number of rotatable bonds is 9. The molecular formula is C25H23Cl2N5O3S. The molecule has 0 fully saturated rings. The first-order valence-electron chi connectivity index (χ1n) is 11.2. The van der Waals surface area contributed by atoms with Crippen LogP contribution < -0.4 is 15.4 Å². The van der Waals surface area contributed by atoms with E-state index < -0.39 is 5.91 Å². The summed E-state index contributed by atoms with van der Waals surface area (Å²) in [6.45, 7) is 4.32. The molecule has 8 nitrogen and oxygen atoms in total. The number of pyridine rings is 1. The maximum absolute atomic E-state index is 13.5. The summed E-state index contributed by atoms with van der Waals surface area (Å²) < 4.78 is 7.11. The van der Waals surface area contributed by atoms with Crippen molar-refractivity contribution < 1.29 is 14.3 Å². The van der Waals surface area contributed by atoms with Crippen LogP contribution in [0.25, 0.3) is 5.82 Å². The molecule has 0 aliphatic rings. The molecule has 36 heavy (non-hydrogen) atoms. The summed E-state index contributed by atoms with van der Waals surface area (Å²) in [7, 11) is 0. The third kappa shape index (κ3) is 5.87. The maximum Gasteiger partial charge on any atom is 0.274 e. The Labute approximate surface area is 222 Å². The number of thiophene rings is 1. The summed E-state index contributed by atoms with van der Waals surface area (Å²) in [5.74, 6) is 0.174. The highest BCUT2D eigenvalue weighted by molar-refractivity contribution is 7.08. The van der Waals surface area contributed by atoms with Gasteiger partial charge in [0.15, 0.2) is 5.82 Å². The maximum atomic E-state index is 13.5. The van der Waals surface area contributed by atoms with Gasteiger partial charge in [-0.3, -0.25) is 9.59 Å². The first-order chi connectivity index (χ1) is 17.4. The van der Waals surface area contributed by atoms with Gasteiger partial charge < -0.3 is 15.4 Å². The third-order valence-corrected chi connectivity index (χ3v) is 6.35. The fourth-order valence-corrected chi connectivity index (χ4v) is 4.46. The lowest BCUT2D eigenvalue weighted by atomic mass is 10.1. The third-order valence-electron chi connectivity index (χ3n) is 5.18. The van der Waals surface area contributed by atoms with E-state index in [9.17, 15) is 9.59 Å². The standard InChI is InChI=1S/C25H23Cl2N5O3S/c1-3-4-8-29-24(33)18-12-16(26)11-15(2)22(18)30-25(34)20-13-21(35-17-7-10-36-14-17)31-32(20)23-19(27)6-5-9-28-23/h5-7,9-14H,3-4,8H2,1-2H3,(H,29,33)(H,30,34). The van der Waals surface area contributed by atoms with E-state index in [1.165, 1.54) is 28.2 Å². The van der Waals surface area contributed by atoms with Gasteiger partial charge in [0, 0.05) is 29.2 Å². The van der Waals surface area contributed by atoms with Gasteiger partial charge in [0.05, 0.1) is 16.3 Å². The number of nitrogens with one attached hydrogen (secondary N) is 2. The molecule has 3 heterocycles. The van der Waals surface area contributed by atoms with Crippen LogP contribution in [0.4, 0.5) is 5.69 Å². The van der Waals surface area contributed by atoms with Crippen molar-refractivity contribution in [2.45, 2.75) is 26.7 Å². The predicted molar refractivity (Wildman–Crippen MR) is 142 cm³/mol. The van der Waals surface area contributed by atoms with Gasteiger partial charge in [-0.25, -0.2) is 9.67 Å². The molecule has 2 N–H and O–H groups in total. The second-order valence-electron chi connectivity index (χ2n) is 7.86. The van der Waals surface area contributed by atoms with E-state index in [2.05, 4.69) is 20.7 Å². The molecule has 0 spiro atoms. The molecule has 11 heteroatoms. The van der Waals surface area contributed by atoms with E-state index in [1.54, 1.807) is 37.4 Å². The van der Waals surface area contributed by atoms with Crippen LogP contribution in [0.15, 0.2) is 53.4 Å². The lowest BCUT2D eigenvalue weighted by Crippen LogP contribution is -2.27. The minimum absolute atomic E-state index is 0.118. The Bertz CT molecular complexity index is 1390. The van der Waals surface area contributed by atoms with E-state index in [0.717, 1.165) is 12.8 Å². The number of hydrogen-bond acceptors (Lipinski definition) is 6. The summed E-state index contributed by atoms with van der Waals surface area (Å²) in [5.41, 5.74) is 1.36. The van der Waals surface area contributed by atoms with E-state index >= 15 is 0 Å². The van der Waals surface area contributed by atoms with Gasteiger partial charge in [-0.05, 0) is 54.6 Å². The molecular weight excluding hydrogens is 521 g/mol. The van der Waals surface area contributed by atoms with E-state index in [0.29, 0.717) is 33.6 Å². The zero-order valence-electron chi connectivity index (χ0n) is 19.5. The van der Waals surface area contributed by atoms with Crippen molar-refractivity contribution in [2.24, 2.45) is 0 Å². The largest absolute Gasteiger partial charge is 0.437 e. The van der Waals surface area contributed by atoms with E-state index in [-0.39, 0.29) is 28.9 Å². The van der Waals surface area contributed by atoms with Crippen LogP contribution in [-0.4, -0.2) is 33.1 Å². The Morgan fingerprint density at radius 2 is 2.00 bits per heavy atom. The SMILES string of the molecule is CCCCNC(=O)c1cc(Cl)cc(C)c1NC(=O)c1cc(Oc2ccsc2)nn1-c1ncccc1Cl. The molecule has 0 atom stereocenters. The molecule has 0 aliphatic carbocycles. The number of hydrogen-bond donors (Lipinski definition) is 2. The average molecular weight is 544 g/mol. The van der Waals surface area contributed by atoms with Crippen LogP contribution in [0.1, 0.15) is 46.2 Å². The summed E-state index contributed by atoms with van der Waals surface area (Å²) in [6.07, 6.45) is 3.32. The number of aromatic nitrogens is 3. The number of carbonyl (C=O) groups is 2. The molecule has 0 saturated heterocycles. The van der Waals surface area contributed by atoms with Crippen molar-refractivity contribution in [1.82, 2.24) is 20.1 Å². The molecule has 0 unspecified atom stereocenters. The lowest BCUT2D eigenvalue weighted by Gasteiger charge is -2.15. The first-order valence-corrected chi connectivity index (χ1v) is 12.9. The molecule has 0 radical (unpaired) electrons. The molecule has 4 rings (SSSR count). The van der Waals surface area contributed by atoms with Crippen molar-refractivity contribution in [1.29, 1.82) is 0 Å². The smallest absolute Gasteiger partial charge is 0.274 e. The normalized spacial score (nSPS) is 10.8. The Balaban J connectivity index is 1.71. The van der Waals surface area contributed by atoms with Gasteiger partial charge in [-0.1, -0.05) is 36.5 Å². The highest BCUT2D eigenvalue weighted by atomic mass is 35.5. The average Bonchev–Trinajstić information content (AvgIpc) is 3.51. The van der Waals surface area contributed by atoms with Gasteiger partial charge in [0.2, 0.25) is 5.88 Å². The van der Waals surface area contributed by atoms with Crippen LogP contribution in [0.5, 0.6) is 11.6 Å². The Hall–Kier alpha value is -3.40. The van der Waals surface area contributed by atoms with Gasteiger partial charge in [-0.15, -0.1) is 16.4 Å². The van der Waals surface area contributed by atoms with Crippen LogP contribution in [0, 0.1) is 6.92 Å². The zero-order chi connectivity index (χ0) is 25.7. The number of unbranched alkanes of at least 4 members (excludes halogenated alkanes) is 1. The minimum atomic E-state index is -0.530. The molecule has 2 amide bonds. The molecule has 0 aliphatic heterocycles. The number of aryl methyl sites for hydroxylation is 1. The molecule has 1 aromatic carbocycles. The topological polar surface area (TPSA) is 98.1 Å². The summed E-state index contributed by atoms with van der Waals surface area (Å²) in [5, 5.41) is 14.5. The molecule has 0 saturated carbocycles. The van der Waals surface area contributed by atoms with E-state index in [1.807, 2.05) is 17.7 Å². The molecule has 3 aromatic heterocycles. The zero-order valence-corrected chi connectivity index (χ0v) is 21.9. The Kier molecular flexibility index (Phi) is 8.25. The number of amides is 2. The van der Waals surface area contributed by atoms with Gasteiger partial charge in [0.1, 0.15) is 11.4 Å². The molecule has 186 valence electrons. The fourth-order valence-electron chi connectivity index (χ4n) is 3.44. The van der Waals surface area contributed by atoms with Crippen molar-refractivity contribution in [3.05, 3.63) is 80.2 Å². The number of halogens is 2. The van der Waals surface area contributed by atoms with Gasteiger partial charge in [0.25, 0.3) is 11.8 Å². The number of benzene rings is 1. The van der Waals surface area contributed by atoms with Gasteiger partial charge in [-0.2, -0.15) is 0 Å². The van der Waals surface area contributed by atoms with Crippen LogP contribution in [-0.2, 0) is 0 Å². The molecule has 4 aromatic rings. The fraction of sp³-hybridized carbons (Fsp3) is 0.200. The number of carbonyl (C=O) groups excluding carboxylic acids is 2. The van der Waals surface area contributed by atoms with Crippen molar-refractivity contribution in [3.8, 4) is 17.4 Å². The van der Waals surface area contributed by atoms with Crippen molar-refractivity contribution >= 4 is 52.0 Å². The van der Waals surface area contributed by atoms with Crippen LogP contribution >= 0.6 is 34.5 Å². The highest BCUT2D eigenvalue weighted by Crippen LogP contribution is 2.29. The van der Waals surface area contributed by atoms with E-state index in [4.69, 9.17) is 27.9 Å². The quantitative estimate of drug-likeness (QED) is 0.234. The van der Waals surface area contributed by atoms with Gasteiger partial charge >= 0.3 is 0 Å². The summed E-state index contributed by atoms with van der Waals surface area (Å²) in [6, 6.07) is 9.82. The second-order valence-corrected chi connectivity index (χ2v) is 9.48. The first kappa shape index (κ1) is 25.7. The van der Waals surface area contributed by atoms with Crippen LogP contribution in [0.2, 0.25) is 10.0 Å². The predicted octanol–water partition coefficient (Wildman–Crippen LogP) is 6.52. The van der Waals surface area contributed by atoms with Crippen molar-refractivity contribution in [3.63, 3.8) is 0 Å². The number of ether oxygens (including phenoxy) is 1. The molecule has 0 bridgehead atoms.